The number of carboxylic acids is 1. The molecule has 0 unspecified atom stereocenters. The van der Waals surface area contributed by atoms with Gasteiger partial charge in [-0.2, -0.15) is 13.2 Å². The van der Waals surface area contributed by atoms with E-state index in [1.165, 1.54) is 0 Å². The van der Waals surface area contributed by atoms with Gasteiger partial charge < -0.3 is 19.5 Å². The second kappa shape index (κ2) is 13.2. The van der Waals surface area contributed by atoms with Gasteiger partial charge in [-0.1, -0.05) is 18.7 Å². The maximum atomic E-state index is 14.9. The summed E-state index contributed by atoms with van der Waals surface area (Å²) < 4.78 is 83.0. The van der Waals surface area contributed by atoms with Crippen LogP contribution in [-0.2, 0) is 34.6 Å². The summed E-state index contributed by atoms with van der Waals surface area (Å²) in [6.07, 6.45) is -4.36. The Balaban J connectivity index is 1.38. The van der Waals surface area contributed by atoms with Gasteiger partial charge in [0, 0.05) is 42.6 Å². The number of hydrogen-bond donors (Lipinski definition) is 1. The van der Waals surface area contributed by atoms with Crippen molar-refractivity contribution in [3.63, 3.8) is 0 Å². The second-order valence-electron chi connectivity index (χ2n) is 12.4. The first kappa shape index (κ1) is 33.9. The van der Waals surface area contributed by atoms with E-state index in [4.69, 9.17) is 14.5 Å². The molecule has 6 rings (SSSR count). The van der Waals surface area contributed by atoms with Gasteiger partial charge in [-0.15, -0.1) is 6.58 Å². The highest BCUT2D eigenvalue weighted by atomic mass is 19.4. The molecule has 49 heavy (non-hydrogen) atoms. The van der Waals surface area contributed by atoms with Crippen LogP contribution in [0.4, 0.5) is 32.6 Å². The minimum absolute atomic E-state index is 0.0331. The molecule has 0 bridgehead atoms. The van der Waals surface area contributed by atoms with Crippen LogP contribution in [0, 0.1) is 0 Å². The Hall–Kier alpha value is -4.94. The smallest absolute Gasteiger partial charge is 0.416 e. The molecule has 3 fully saturated rings. The fraction of sp³-hybridized carbons (Fsp3) is 0.361. The highest BCUT2D eigenvalue weighted by Crippen LogP contribution is 2.44. The average molecular weight is 684 g/mol. The molecule has 3 aliphatic rings. The van der Waals surface area contributed by atoms with Crippen molar-refractivity contribution < 1.29 is 46.1 Å². The van der Waals surface area contributed by atoms with Crippen molar-refractivity contribution in [2.45, 2.75) is 69.4 Å². The molecule has 1 aliphatic carbocycles. The van der Waals surface area contributed by atoms with E-state index in [1.807, 2.05) is 23.1 Å². The molecule has 1 saturated carbocycles. The predicted molar refractivity (Wildman–Crippen MR) is 170 cm³/mol. The fourth-order valence-electron chi connectivity index (χ4n) is 5.78. The zero-order valence-electron chi connectivity index (χ0n) is 26.4. The SMILES string of the molecule is C=CCC(F)(F)c1cc([C@H]2OC(=O)N(Cc3nc(N4CCC4)ccc3-c3cc(CCC(=O)O)ccc3OC3CC3)C2=C)cc(C(F)(F)F)c1. The number of aryl methyl sites for hydroxylation is 1. The van der Waals surface area contributed by atoms with E-state index in [0.29, 0.717) is 40.5 Å². The van der Waals surface area contributed by atoms with Gasteiger partial charge in [0.05, 0.1) is 29.6 Å². The minimum Gasteiger partial charge on any atom is -0.490 e. The Bertz CT molecular complexity index is 1800. The molecule has 1 N–H and O–H groups in total. The van der Waals surface area contributed by atoms with Gasteiger partial charge in [0.25, 0.3) is 5.92 Å². The zero-order chi connectivity index (χ0) is 35.1. The van der Waals surface area contributed by atoms with Crippen LogP contribution in [0.3, 0.4) is 0 Å². The van der Waals surface area contributed by atoms with E-state index in [2.05, 4.69) is 13.2 Å². The van der Waals surface area contributed by atoms with Gasteiger partial charge in [0.15, 0.2) is 6.10 Å². The number of allylic oxidation sites excluding steroid dienone is 1. The molecule has 0 spiro atoms. The lowest BCUT2D eigenvalue weighted by Crippen LogP contribution is -2.37. The average Bonchev–Trinajstić information content (AvgIpc) is 3.79. The zero-order valence-corrected chi connectivity index (χ0v) is 26.4. The number of pyridine rings is 1. The first-order valence-corrected chi connectivity index (χ1v) is 15.9. The quantitative estimate of drug-likeness (QED) is 0.143. The summed E-state index contributed by atoms with van der Waals surface area (Å²) >= 11 is 0. The van der Waals surface area contributed by atoms with E-state index < -0.39 is 47.8 Å². The molecule has 1 aromatic heterocycles. The second-order valence-corrected chi connectivity index (χ2v) is 12.4. The lowest BCUT2D eigenvalue weighted by molar-refractivity contribution is -0.138. The van der Waals surface area contributed by atoms with Gasteiger partial charge in [0.1, 0.15) is 11.6 Å². The Morgan fingerprint density at radius 2 is 1.78 bits per heavy atom. The Morgan fingerprint density at radius 3 is 2.41 bits per heavy atom. The number of carbonyl (C=O) groups is 2. The van der Waals surface area contributed by atoms with Gasteiger partial charge in [0.2, 0.25) is 0 Å². The summed E-state index contributed by atoms with van der Waals surface area (Å²) in [6, 6.07) is 11.1. The molecular formula is C36H34F5N3O5. The summed E-state index contributed by atoms with van der Waals surface area (Å²) in [4.78, 5) is 32.7. The van der Waals surface area contributed by atoms with E-state index in [1.54, 1.807) is 12.1 Å². The maximum Gasteiger partial charge on any atom is 0.416 e. The molecule has 3 aromatic rings. The third kappa shape index (κ3) is 7.40. The largest absolute Gasteiger partial charge is 0.490 e. The topological polar surface area (TPSA) is 92.2 Å². The molecular weight excluding hydrogens is 649 g/mol. The van der Waals surface area contributed by atoms with Crippen molar-refractivity contribution >= 4 is 17.9 Å². The number of hydrogen-bond acceptors (Lipinski definition) is 6. The number of benzene rings is 2. The Labute approximate surface area is 279 Å². The molecule has 1 atom stereocenters. The summed E-state index contributed by atoms with van der Waals surface area (Å²) in [5.74, 6) is -3.40. The van der Waals surface area contributed by atoms with Gasteiger partial charge in [-0.25, -0.2) is 18.6 Å². The third-order valence-corrected chi connectivity index (χ3v) is 8.72. The molecule has 2 aromatic carbocycles. The Morgan fingerprint density at radius 1 is 1.04 bits per heavy atom. The normalized spacial score (nSPS) is 17.9. The highest BCUT2D eigenvalue weighted by Gasteiger charge is 2.42. The summed E-state index contributed by atoms with van der Waals surface area (Å²) in [7, 11) is 0. The molecule has 258 valence electrons. The summed E-state index contributed by atoms with van der Waals surface area (Å²) in [6.45, 7) is 8.58. The monoisotopic (exact) mass is 683 g/mol. The molecule has 2 aliphatic heterocycles. The van der Waals surface area contributed by atoms with Gasteiger partial charge in [-0.3, -0.25) is 9.69 Å². The molecule has 8 nitrogen and oxygen atoms in total. The Kier molecular flexibility index (Phi) is 9.12. The number of ether oxygens (including phenoxy) is 2. The van der Waals surface area contributed by atoms with Gasteiger partial charge in [-0.05, 0) is 79.3 Å². The molecule has 3 heterocycles. The first-order chi connectivity index (χ1) is 23.2. The van der Waals surface area contributed by atoms with E-state index >= 15 is 0 Å². The number of carboxylic acid groups (broad SMARTS) is 1. The standard InChI is InChI=1S/C36H34F5N3O5/c1-3-13-35(37,38)24-17-23(18-25(19-24)36(39,40)41)33-21(2)44(34(47)49-33)20-29-27(9-11-31(42-29)43-14-4-15-43)28-16-22(6-12-32(45)46)5-10-30(28)48-26-7-8-26/h3,5,9-11,16-19,26,33H,1-2,4,6-8,12-15,20H2,(H,45,46)/t33-/m0/s1. The van der Waals surface area contributed by atoms with E-state index in [-0.39, 0.29) is 36.8 Å². The van der Waals surface area contributed by atoms with Crippen molar-refractivity contribution in [2.75, 3.05) is 18.0 Å². The predicted octanol–water partition coefficient (Wildman–Crippen LogP) is 8.41. The maximum absolute atomic E-state index is 14.9. The van der Waals surface area contributed by atoms with Crippen LogP contribution in [0.25, 0.3) is 11.1 Å². The number of rotatable bonds is 13. The molecule has 0 radical (unpaired) electrons. The third-order valence-electron chi connectivity index (χ3n) is 8.72. The van der Waals surface area contributed by atoms with Crippen molar-refractivity contribution in [3.8, 4) is 16.9 Å². The van der Waals surface area contributed by atoms with Crippen LogP contribution in [-0.4, -0.2) is 46.2 Å². The van der Waals surface area contributed by atoms with E-state index in [0.717, 1.165) is 55.0 Å². The van der Waals surface area contributed by atoms with E-state index in [9.17, 15) is 36.6 Å². The van der Waals surface area contributed by atoms with Crippen LogP contribution in [0.5, 0.6) is 5.75 Å². The number of cyclic esters (lactones) is 1. The number of carbonyl (C=O) groups excluding carboxylic acids is 1. The van der Waals surface area contributed by atoms with Crippen LogP contribution >= 0.6 is 0 Å². The number of aromatic nitrogens is 1. The minimum atomic E-state index is -4.95. The molecule has 2 saturated heterocycles. The number of amides is 1. The number of anilines is 1. The summed E-state index contributed by atoms with van der Waals surface area (Å²) in [5.41, 5.74) is -0.184. The van der Waals surface area contributed by atoms with Crippen molar-refractivity contribution in [1.82, 2.24) is 9.88 Å². The first-order valence-electron chi connectivity index (χ1n) is 15.9. The number of halogens is 5. The lowest BCUT2D eigenvalue weighted by Gasteiger charge is -2.32. The number of nitrogens with zero attached hydrogens (tertiary/aromatic N) is 3. The van der Waals surface area contributed by atoms with Crippen LogP contribution < -0.4 is 9.64 Å². The highest BCUT2D eigenvalue weighted by molar-refractivity contribution is 5.77. The van der Waals surface area contributed by atoms with Crippen LogP contribution in [0.2, 0.25) is 0 Å². The van der Waals surface area contributed by atoms with Crippen LogP contribution in [0.1, 0.15) is 66.2 Å². The lowest BCUT2D eigenvalue weighted by atomic mass is 9.95. The molecule has 13 heteroatoms. The summed E-state index contributed by atoms with van der Waals surface area (Å²) in [5, 5.41) is 9.25. The van der Waals surface area contributed by atoms with Crippen molar-refractivity contribution in [3.05, 3.63) is 101 Å². The number of aliphatic carboxylic acids is 1. The van der Waals surface area contributed by atoms with Crippen LogP contribution in [0.15, 0.2) is 73.5 Å². The van der Waals surface area contributed by atoms with Crippen molar-refractivity contribution in [2.24, 2.45) is 0 Å². The fourth-order valence-corrected chi connectivity index (χ4v) is 5.78. The number of alkyl halides is 5. The van der Waals surface area contributed by atoms with Crippen molar-refractivity contribution in [1.29, 1.82) is 0 Å². The molecule has 1 amide bonds. The van der Waals surface area contributed by atoms with Gasteiger partial charge >= 0.3 is 18.2 Å².